The van der Waals surface area contributed by atoms with E-state index in [0.717, 1.165) is 32.5 Å². The highest BCUT2D eigenvalue weighted by Gasteiger charge is 2.21. The van der Waals surface area contributed by atoms with Crippen molar-refractivity contribution in [1.29, 1.82) is 0 Å². The van der Waals surface area contributed by atoms with Gasteiger partial charge in [-0.3, -0.25) is 9.69 Å². The van der Waals surface area contributed by atoms with Gasteiger partial charge in [0.15, 0.2) is 0 Å². The molecule has 2 aliphatic heterocycles. The Kier molecular flexibility index (Phi) is 6.11. The molecular weight excluding hydrogens is 240 g/mol. The number of hydrogen-bond acceptors (Lipinski definition) is 3. The van der Waals surface area contributed by atoms with Crippen molar-refractivity contribution in [3.63, 3.8) is 0 Å². The van der Waals surface area contributed by atoms with Crippen molar-refractivity contribution < 1.29 is 9.53 Å². The maximum atomic E-state index is 11.8. The first-order chi connectivity index (χ1) is 9.29. The second kappa shape index (κ2) is 7.85. The first-order valence-electron chi connectivity index (χ1n) is 7.92. The van der Waals surface area contributed by atoms with E-state index >= 15 is 0 Å². The minimum Gasteiger partial charge on any atom is -0.376 e. The van der Waals surface area contributed by atoms with Gasteiger partial charge in [-0.05, 0) is 38.6 Å². The van der Waals surface area contributed by atoms with Crippen LogP contribution >= 0.6 is 0 Å². The number of nitrogens with one attached hydrogen (secondary N) is 1. The topological polar surface area (TPSA) is 41.6 Å². The lowest BCUT2D eigenvalue weighted by Crippen LogP contribution is -2.41. The van der Waals surface area contributed by atoms with Crippen molar-refractivity contribution in [3.05, 3.63) is 0 Å². The molecule has 2 fully saturated rings. The first kappa shape index (κ1) is 14.8. The second-order valence-corrected chi connectivity index (χ2v) is 5.78. The van der Waals surface area contributed by atoms with Crippen LogP contribution in [0.15, 0.2) is 0 Å². The zero-order valence-electron chi connectivity index (χ0n) is 12.2. The van der Waals surface area contributed by atoms with Gasteiger partial charge in [0.25, 0.3) is 0 Å². The molecule has 1 amide bonds. The van der Waals surface area contributed by atoms with E-state index in [-0.39, 0.29) is 12.0 Å². The highest BCUT2D eigenvalue weighted by Crippen LogP contribution is 2.19. The monoisotopic (exact) mass is 268 g/mol. The predicted octanol–water partition coefficient (Wildman–Crippen LogP) is 1.94. The molecule has 1 N–H and O–H groups in total. The predicted molar refractivity (Wildman–Crippen MR) is 76.1 cm³/mol. The van der Waals surface area contributed by atoms with E-state index in [0.29, 0.717) is 19.0 Å². The number of carbonyl (C=O) groups is 1. The molecule has 0 aromatic heterocycles. The smallest absolute Gasteiger partial charge is 0.221 e. The summed E-state index contributed by atoms with van der Waals surface area (Å²) in [6.07, 6.45) is 8.24. The lowest BCUT2D eigenvalue weighted by atomic mass is 10.00. The first-order valence-corrected chi connectivity index (χ1v) is 7.92. The molecule has 0 aromatic carbocycles. The molecule has 0 saturated carbocycles. The van der Waals surface area contributed by atoms with Gasteiger partial charge in [-0.1, -0.05) is 13.3 Å². The van der Waals surface area contributed by atoms with Crippen molar-refractivity contribution in [2.24, 2.45) is 0 Å². The minimum absolute atomic E-state index is 0.177. The Morgan fingerprint density at radius 1 is 1.32 bits per heavy atom. The molecule has 19 heavy (non-hydrogen) atoms. The summed E-state index contributed by atoms with van der Waals surface area (Å²) in [7, 11) is 0. The summed E-state index contributed by atoms with van der Waals surface area (Å²) in [6, 6.07) is 0.694. The summed E-state index contributed by atoms with van der Waals surface area (Å²) in [5, 5.41) is 3.01. The third-order valence-electron chi connectivity index (χ3n) is 4.40. The standard InChI is InChI=1S/C15H28N2O2/c1-2-13-6-3-4-9-17(13)10-8-15(18)16-12-14-7-5-11-19-14/h13-14H,2-12H2,1H3,(H,16,18). The van der Waals surface area contributed by atoms with Crippen molar-refractivity contribution in [2.45, 2.75) is 64.0 Å². The van der Waals surface area contributed by atoms with E-state index < -0.39 is 0 Å². The molecule has 2 aliphatic rings. The minimum atomic E-state index is 0.177. The maximum absolute atomic E-state index is 11.8. The Bertz CT molecular complexity index is 277. The molecule has 2 atom stereocenters. The molecule has 4 nitrogen and oxygen atoms in total. The number of ether oxygens (including phenoxy) is 1. The molecule has 0 aromatic rings. The number of nitrogens with zero attached hydrogens (tertiary/aromatic N) is 1. The fraction of sp³-hybridized carbons (Fsp3) is 0.933. The molecule has 2 unspecified atom stereocenters. The van der Waals surface area contributed by atoms with Crippen LogP contribution in [0.2, 0.25) is 0 Å². The molecular formula is C15H28N2O2. The van der Waals surface area contributed by atoms with Crippen LogP contribution < -0.4 is 5.32 Å². The zero-order valence-corrected chi connectivity index (χ0v) is 12.2. The van der Waals surface area contributed by atoms with Gasteiger partial charge in [0, 0.05) is 32.2 Å². The summed E-state index contributed by atoms with van der Waals surface area (Å²) in [5.74, 6) is 0.177. The zero-order chi connectivity index (χ0) is 13.5. The Morgan fingerprint density at radius 3 is 2.95 bits per heavy atom. The number of carbonyl (C=O) groups excluding carboxylic acids is 1. The number of piperidine rings is 1. The SMILES string of the molecule is CCC1CCCCN1CCC(=O)NCC1CCCO1. The van der Waals surface area contributed by atoms with Crippen LogP contribution in [0.1, 0.15) is 51.9 Å². The van der Waals surface area contributed by atoms with Gasteiger partial charge >= 0.3 is 0 Å². The van der Waals surface area contributed by atoms with Crippen LogP contribution in [-0.2, 0) is 9.53 Å². The molecule has 0 bridgehead atoms. The quantitative estimate of drug-likeness (QED) is 0.800. The van der Waals surface area contributed by atoms with E-state index in [1.807, 2.05) is 0 Å². The molecule has 4 heteroatoms. The molecule has 0 aliphatic carbocycles. The van der Waals surface area contributed by atoms with E-state index in [2.05, 4.69) is 17.1 Å². The van der Waals surface area contributed by atoms with Gasteiger partial charge in [0.2, 0.25) is 5.91 Å². The fourth-order valence-corrected chi connectivity index (χ4v) is 3.18. The maximum Gasteiger partial charge on any atom is 0.221 e. The van der Waals surface area contributed by atoms with E-state index in [4.69, 9.17) is 4.74 Å². The highest BCUT2D eigenvalue weighted by molar-refractivity contribution is 5.76. The Labute approximate surface area is 116 Å². The molecule has 110 valence electrons. The van der Waals surface area contributed by atoms with Gasteiger partial charge < -0.3 is 10.1 Å². The molecule has 0 spiro atoms. The van der Waals surface area contributed by atoms with Crippen molar-refractivity contribution in [2.75, 3.05) is 26.2 Å². The molecule has 2 saturated heterocycles. The van der Waals surface area contributed by atoms with Crippen LogP contribution in [0.4, 0.5) is 0 Å². The lowest BCUT2D eigenvalue weighted by molar-refractivity contribution is -0.122. The lowest BCUT2D eigenvalue weighted by Gasteiger charge is -2.35. The second-order valence-electron chi connectivity index (χ2n) is 5.78. The number of rotatable bonds is 6. The summed E-state index contributed by atoms with van der Waals surface area (Å²) < 4.78 is 5.51. The largest absolute Gasteiger partial charge is 0.376 e. The van der Waals surface area contributed by atoms with Crippen LogP contribution in [-0.4, -0.2) is 49.2 Å². The Hall–Kier alpha value is -0.610. The van der Waals surface area contributed by atoms with Gasteiger partial charge in [0.05, 0.1) is 6.10 Å². The van der Waals surface area contributed by atoms with Crippen LogP contribution in [0.5, 0.6) is 0 Å². The molecule has 2 heterocycles. The van der Waals surface area contributed by atoms with Gasteiger partial charge in [-0.25, -0.2) is 0 Å². The van der Waals surface area contributed by atoms with Crippen LogP contribution in [0.3, 0.4) is 0 Å². The third-order valence-corrected chi connectivity index (χ3v) is 4.40. The normalized spacial score (nSPS) is 28.5. The van der Waals surface area contributed by atoms with Crippen molar-refractivity contribution in [3.8, 4) is 0 Å². The number of hydrogen-bond donors (Lipinski definition) is 1. The number of likely N-dealkylation sites (tertiary alicyclic amines) is 1. The van der Waals surface area contributed by atoms with Gasteiger partial charge in [-0.2, -0.15) is 0 Å². The average Bonchev–Trinajstić information content (AvgIpc) is 2.96. The molecule has 2 rings (SSSR count). The fourth-order valence-electron chi connectivity index (χ4n) is 3.18. The van der Waals surface area contributed by atoms with Crippen LogP contribution in [0.25, 0.3) is 0 Å². The van der Waals surface area contributed by atoms with Crippen molar-refractivity contribution >= 4 is 5.91 Å². The summed E-state index contributed by atoms with van der Waals surface area (Å²) >= 11 is 0. The Morgan fingerprint density at radius 2 is 2.21 bits per heavy atom. The summed E-state index contributed by atoms with van der Waals surface area (Å²) in [4.78, 5) is 14.3. The Balaban J connectivity index is 1.61. The summed E-state index contributed by atoms with van der Waals surface area (Å²) in [5.41, 5.74) is 0. The van der Waals surface area contributed by atoms with E-state index in [9.17, 15) is 4.79 Å². The third kappa shape index (κ3) is 4.77. The van der Waals surface area contributed by atoms with E-state index in [1.165, 1.54) is 25.7 Å². The summed E-state index contributed by atoms with van der Waals surface area (Å²) in [6.45, 7) is 5.87. The number of amides is 1. The van der Waals surface area contributed by atoms with E-state index in [1.54, 1.807) is 0 Å². The molecule has 0 radical (unpaired) electrons. The average molecular weight is 268 g/mol. The van der Waals surface area contributed by atoms with Crippen LogP contribution in [0, 0.1) is 0 Å². The van der Waals surface area contributed by atoms with Crippen molar-refractivity contribution in [1.82, 2.24) is 10.2 Å². The highest BCUT2D eigenvalue weighted by atomic mass is 16.5. The van der Waals surface area contributed by atoms with Gasteiger partial charge in [0.1, 0.15) is 0 Å². The van der Waals surface area contributed by atoms with Gasteiger partial charge in [-0.15, -0.1) is 0 Å².